The van der Waals surface area contributed by atoms with Crippen molar-refractivity contribution in [3.63, 3.8) is 0 Å². The predicted molar refractivity (Wildman–Crippen MR) is 260 cm³/mol. The first-order chi connectivity index (χ1) is 30.2. The Morgan fingerprint density at radius 3 is 1.17 bits per heavy atom. The van der Waals surface area contributed by atoms with Crippen LogP contribution >= 0.6 is 0 Å². The van der Waals surface area contributed by atoms with Gasteiger partial charge in [-0.1, -0.05) is 0 Å². The number of hydrogen-bond acceptors (Lipinski definition) is 0. The Labute approximate surface area is 391 Å². The molecule has 8 aromatic carbocycles. The van der Waals surface area contributed by atoms with E-state index in [2.05, 4.69) is 172 Å². The standard InChI is InChI=1S/2C27H23.C6H10.2ClH.Zr/c2*1-2-3-9-19-16-20-12-8-15-25(26(20)17-19)27-23-13-6-4-10-21(23)18-22-11-5-7-14-24(22)27;1-2-4-6-5-3-1;;;/h2*4-8,10-18H,2-3,9H2,1H3;1-2H,3-6H2;2*1H;/q;;;;;+2/p-2. The summed E-state index contributed by atoms with van der Waals surface area (Å²) in [6.45, 7) is 4.80. The number of benzene rings is 8. The van der Waals surface area contributed by atoms with Gasteiger partial charge in [0.1, 0.15) is 0 Å². The summed E-state index contributed by atoms with van der Waals surface area (Å²) in [6.07, 6.45) is 18.8. The van der Waals surface area contributed by atoms with Crippen molar-refractivity contribution in [2.45, 2.75) is 92.6 Å². The van der Waals surface area contributed by atoms with Crippen LogP contribution in [0.3, 0.4) is 0 Å². The van der Waals surface area contributed by atoms with E-state index in [4.69, 9.17) is 0 Å². The van der Waals surface area contributed by atoms with E-state index in [1.165, 1.54) is 130 Å². The van der Waals surface area contributed by atoms with Crippen molar-refractivity contribution in [1.29, 1.82) is 0 Å². The van der Waals surface area contributed by atoms with Crippen molar-refractivity contribution in [3.05, 3.63) is 179 Å². The quantitative estimate of drug-likeness (QED) is 0.120. The van der Waals surface area contributed by atoms with Gasteiger partial charge in [0.05, 0.1) is 0 Å². The molecule has 1 saturated heterocycles. The topological polar surface area (TPSA) is 0 Å². The van der Waals surface area contributed by atoms with E-state index in [0.29, 0.717) is 7.25 Å². The third kappa shape index (κ3) is 6.61. The summed E-state index contributed by atoms with van der Waals surface area (Å²) in [5.74, 6) is 0. The van der Waals surface area contributed by atoms with Gasteiger partial charge in [-0.05, 0) is 0 Å². The van der Waals surface area contributed by atoms with Crippen molar-refractivity contribution in [2.75, 3.05) is 0 Å². The van der Waals surface area contributed by atoms with Gasteiger partial charge in [-0.15, -0.1) is 0 Å². The van der Waals surface area contributed by atoms with Gasteiger partial charge < -0.3 is 24.8 Å². The minimum Gasteiger partial charge on any atom is -1.00 e. The largest absolute Gasteiger partial charge is 1.00 e. The molecule has 314 valence electrons. The maximum Gasteiger partial charge on any atom is -1.00 e. The molecule has 63 heavy (non-hydrogen) atoms. The molecule has 1 heterocycles. The van der Waals surface area contributed by atoms with E-state index in [1.54, 1.807) is 33.4 Å². The first kappa shape index (κ1) is 42.7. The summed E-state index contributed by atoms with van der Waals surface area (Å²) in [5.41, 5.74) is 15.9. The Bertz CT molecular complexity index is 2800. The Morgan fingerprint density at radius 2 is 0.810 bits per heavy atom. The maximum absolute atomic E-state index is 3.28. The van der Waals surface area contributed by atoms with Crippen LogP contribution in [-0.4, -0.2) is 0 Å². The van der Waals surface area contributed by atoms with Crippen molar-refractivity contribution >= 4 is 55.2 Å². The minimum absolute atomic E-state index is 0. The van der Waals surface area contributed by atoms with Gasteiger partial charge in [0, 0.05) is 0 Å². The van der Waals surface area contributed by atoms with E-state index >= 15 is 0 Å². The summed E-state index contributed by atoms with van der Waals surface area (Å²) < 4.78 is 3.17. The first-order valence-corrected chi connectivity index (χ1v) is 29.4. The van der Waals surface area contributed by atoms with Crippen LogP contribution in [0.15, 0.2) is 157 Å². The molecule has 0 radical (unpaired) electrons. The van der Waals surface area contributed by atoms with Crippen LogP contribution in [0.1, 0.15) is 108 Å². The fraction of sp³-hybridized carbons (Fsp3) is 0.267. The summed E-state index contributed by atoms with van der Waals surface area (Å²) in [5, 5.41) is 10.9. The monoisotopic (exact) mass is 936 g/mol. The Morgan fingerprint density at radius 1 is 0.444 bits per heavy atom. The molecule has 0 N–H and O–H groups in total. The number of halogens is 2. The number of unbranched alkanes of at least 4 members (excludes halogenated alkanes) is 2. The van der Waals surface area contributed by atoms with Crippen molar-refractivity contribution < 1.29 is 45.1 Å². The van der Waals surface area contributed by atoms with Crippen LogP contribution < -0.4 is 24.8 Å². The number of fused-ring (bicyclic) bond motifs is 7. The van der Waals surface area contributed by atoms with Gasteiger partial charge in [0.2, 0.25) is 0 Å². The number of hydrogen-bond donors (Lipinski definition) is 0. The zero-order valence-corrected chi connectivity index (χ0v) is 40.6. The van der Waals surface area contributed by atoms with Gasteiger partial charge in [-0.3, -0.25) is 0 Å². The zero-order chi connectivity index (χ0) is 40.7. The molecule has 4 aliphatic rings. The van der Waals surface area contributed by atoms with Crippen molar-refractivity contribution in [1.82, 2.24) is 0 Å². The zero-order valence-electron chi connectivity index (χ0n) is 36.6. The van der Waals surface area contributed by atoms with Gasteiger partial charge in [-0.2, -0.15) is 0 Å². The van der Waals surface area contributed by atoms with Crippen LogP contribution in [0.5, 0.6) is 0 Å². The molecule has 2 fully saturated rings. The van der Waals surface area contributed by atoms with Crippen LogP contribution in [0, 0.1) is 0 Å². The summed E-state index contributed by atoms with van der Waals surface area (Å²) in [7, 11) is 0. The Hall–Kier alpha value is -4.26. The molecular weight excluding hydrogens is 883 g/mol. The van der Waals surface area contributed by atoms with Gasteiger partial charge in [-0.25, -0.2) is 0 Å². The third-order valence-corrected chi connectivity index (χ3v) is 33.0. The number of allylic oxidation sites excluding steroid dienone is 2. The average molecular weight is 939 g/mol. The van der Waals surface area contributed by atoms with Gasteiger partial charge in [0.15, 0.2) is 0 Å². The van der Waals surface area contributed by atoms with Crippen LogP contribution in [0.4, 0.5) is 0 Å². The normalized spacial score (nSPS) is 20.9. The fourth-order valence-electron chi connectivity index (χ4n) is 13.6. The van der Waals surface area contributed by atoms with E-state index in [1.807, 2.05) is 0 Å². The number of rotatable bonds is 10. The Balaban J connectivity index is 0.00000236. The second-order valence-corrected chi connectivity index (χ2v) is 30.4. The molecule has 4 unspecified atom stereocenters. The third-order valence-electron chi connectivity index (χ3n) is 16.0. The van der Waals surface area contributed by atoms with E-state index in [9.17, 15) is 0 Å². The summed E-state index contributed by atoms with van der Waals surface area (Å²) in [6, 6.07) is 56.5. The molecule has 8 aromatic rings. The Kier molecular flexibility index (Phi) is 11.7. The minimum atomic E-state index is -3.28. The molecule has 3 heteroatoms. The molecule has 0 nitrogen and oxygen atoms in total. The molecule has 0 aromatic heterocycles. The van der Waals surface area contributed by atoms with Gasteiger partial charge in [0.25, 0.3) is 0 Å². The van der Waals surface area contributed by atoms with Crippen LogP contribution in [0.25, 0.3) is 77.5 Å². The van der Waals surface area contributed by atoms with E-state index in [-0.39, 0.29) is 24.8 Å². The molecule has 4 atom stereocenters. The van der Waals surface area contributed by atoms with E-state index in [0.717, 1.165) is 7.25 Å². The average Bonchev–Trinajstić information content (AvgIpc) is 3.57. The van der Waals surface area contributed by atoms with Crippen LogP contribution in [-0.2, 0) is 20.3 Å². The summed E-state index contributed by atoms with van der Waals surface area (Å²) >= 11 is -3.28. The van der Waals surface area contributed by atoms with E-state index < -0.39 is 20.3 Å². The smallest absolute Gasteiger partial charge is 1.00 e. The second kappa shape index (κ2) is 17.3. The molecule has 0 spiro atoms. The van der Waals surface area contributed by atoms with Crippen molar-refractivity contribution in [3.8, 4) is 22.3 Å². The van der Waals surface area contributed by atoms with Gasteiger partial charge >= 0.3 is 369 Å². The molecule has 3 aliphatic carbocycles. The molecule has 12 rings (SSSR count). The first-order valence-electron chi connectivity index (χ1n) is 23.7. The maximum atomic E-state index is 2.79. The fourth-order valence-corrected chi connectivity index (χ4v) is 36.8. The van der Waals surface area contributed by atoms with Crippen molar-refractivity contribution in [2.24, 2.45) is 0 Å². The molecule has 0 bridgehead atoms. The van der Waals surface area contributed by atoms with Crippen LogP contribution in [0.2, 0.25) is 7.25 Å². The predicted octanol–water partition coefficient (Wildman–Crippen LogP) is 11.9. The SMILES string of the molecule is CCCCC1=Cc2c(-c3c4ccccc4cc4ccccc34)cccc2[CH]1[Zr+2]1([CH]2C(CCCC)=Cc3c(-c4c5ccccc5cc5ccccc45)cccc32)[CH]2CCCC[CH]21.[Cl-].[Cl-]. The molecule has 1 aliphatic heterocycles. The summed E-state index contributed by atoms with van der Waals surface area (Å²) in [4.78, 5) is 0. The molecule has 1 saturated carbocycles. The molecular formula is C60H56Cl2Zr. The molecule has 0 amide bonds. The second-order valence-electron chi connectivity index (χ2n) is 19.0.